The van der Waals surface area contributed by atoms with E-state index in [1.807, 2.05) is 38.3 Å². The summed E-state index contributed by atoms with van der Waals surface area (Å²) >= 11 is 1.46. The molecule has 1 unspecified atom stereocenters. The van der Waals surface area contributed by atoms with Crippen LogP contribution in [-0.2, 0) is 4.74 Å². The van der Waals surface area contributed by atoms with Crippen LogP contribution in [0.3, 0.4) is 0 Å². The van der Waals surface area contributed by atoms with E-state index in [0.29, 0.717) is 0 Å². The number of oxime groups is 1. The quantitative estimate of drug-likeness (QED) is 0.387. The third-order valence-corrected chi connectivity index (χ3v) is 3.96. The van der Waals surface area contributed by atoms with E-state index >= 15 is 0 Å². The molecular formula is C14H21N3O3S. The fourth-order valence-electron chi connectivity index (χ4n) is 2.06. The Labute approximate surface area is 128 Å². The Kier molecular flexibility index (Phi) is 4.41. The molecule has 0 aliphatic heterocycles. The Balaban J connectivity index is 2.31. The molecule has 1 saturated carbocycles. The third-order valence-electron chi connectivity index (χ3n) is 3.03. The number of hydrogen-bond donors (Lipinski definition) is 2. The van der Waals surface area contributed by atoms with E-state index in [2.05, 4.69) is 5.16 Å². The summed E-state index contributed by atoms with van der Waals surface area (Å²) in [7, 11) is 0. The molecular weight excluding hydrogens is 290 g/mol. The number of amides is 1. The molecule has 7 heteroatoms. The van der Waals surface area contributed by atoms with E-state index in [-0.39, 0.29) is 11.9 Å². The summed E-state index contributed by atoms with van der Waals surface area (Å²) < 4.78 is 5.47. The van der Waals surface area contributed by atoms with Gasteiger partial charge in [-0.3, -0.25) is 4.90 Å². The number of carbonyl (C=O) groups excluding carboxylic acids is 1. The van der Waals surface area contributed by atoms with Crippen molar-refractivity contribution in [2.45, 2.75) is 51.3 Å². The zero-order valence-corrected chi connectivity index (χ0v) is 13.3. The van der Waals surface area contributed by atoms with Crippen LogP contribution < -0.4 is 5.73 Å². The molecule has 6 nitrogen and oxygen atoms in total. The van der Waals surface area contributed by atoms with E-state index < -0.39 is 17.7 Å². The SMILES string of the molecule is CC(C)(C)OC(=O)N(C1CC1)C(/C(N)=N/O)c1cccs1. The van der Waals surface area contributed by atoms with Crippen molar-refractivity contribution in [2.24, 2.45) is 10.9 Å². The van der Waals surface area contributed by atoms with Crippen molar-refractivity contribution >= 4 is 23.3 Å². The number of nitrogens with two attached hydrogens (primary N) is 1. The third kappa shape index (κ3) is 3.87. The average molecular weight is 311 g/mol. The van der Waals surface area contributed by atoms with E-state index in [9.17, 15) is 4.79 Å². The van der Waals surface area contributed by atoms with Crippen LogP contribution in [-0.4, -0.2) is 33.7 Å². The smallest absolute Gasteiger partial charge is 0.411 e. The highest BCUT2D eigenvalue weighted by atomic mass is 32.1. The standard InChI is InChI=1S/C14H21N3O3S/c1-14(2,3)20-13(18)17(9-6-7-9)11(12(15)16-19)10-5-4-8-21-10/h4-5,8-9,11,19H,6-7H2,1-3H3,(H2,15,16). The molecule has 1 aliphatic carbocycles. The van der Waals surface area contributed by atoms with Crippen LogP contribution in [0.1, 0.15) is 44.5 Å². The minimum atomic E-state index is -0.588. The molecule has 21 heavy (non-hydrogen) atoms. The van der Waals surface area contributed by atoms with Crippen LogP contribution in [0.15, 0.2) is 22.7 Å². The summed E-state index contributed by atoms with van der Waals surface area (Å²) in [6.07, 6.45) is 1.37. The predicted octanol–water partition coefficient (Wildman–Crippen LogP) is 2.94. The van der Waals surface area contributed by atoms with Crippen molar-refractivity contribution in [1.82, 2.24) is 4.90 Å². The second-order valence-electron chi connectivity index (χ2n) is 6.06. The summed E-state index contributed by atoms with van der Waals surface area (Å²) in [5.74, 6) is -0.00444. The first-order valence-corrected chi connectivity index (χ1v) is 7.73. The Hall–Kier alpha value is -1.76. The lowest BCUT2D eigenvalue weighted by molar-refractivity contribution is 0.0192. The van der Waals surface area contributed by atoms with Crippen LogP contribution in [0.5, 0.6) is 0 Å². The Bertz CT molecular complexity index is 518. The van der Waals surface area contributed by atoms with Crippen LogP contribution in [0, 0.1) is 0 Å². The fraction of sp³-hybridized carbons (Fsp3) is 0.571. The molecule has 0 saturated heterocycles. The summed E-state index contributed by atoms with van der Waals surface area (Å²) in [4.78, 5) is 15.0. The first-order chi connectivity index (χ1) is 9.83. The van der Waals surface area contributed by atoms with Crippen molar-refractivity contribution < 1.29 is 14.7 Å². The van der Waals surface area contributed by atoms with Gasteiger partial charge in [0.1, 0.15) is 11.6 Å². The fourth-order valence-corrected chi connectivity index (χ4v) is 2.89. The molecule has 3 N–H and O–H groups in total. The molecule has 1 aliphatic rings. The van der Waals surface area contributed by atoms with Crippen LogP contribution >= 0.6 is 11.3 Å². The van der Waals surface area contributed by atoms with Gasteiger partial charge in [-0.1, -0.05) is 11.2 Å². The van der Waals surface area contributed by atoms with Crippen LogP contribution in [0.2, 0.25) is 0 Å². The maximum Gasteiger partial charge on any atom is 0.411 e. The van der Waals surface area contributed by atoms with Crippen molar-refractivity contribution in [3.8, 4) is 0 Å². The summed E-state index contributed by atoms with van der Waals surface area (Å²) in [5.41, 5.74) is 5.25. The largest absolute Gasteiger partial charge is 0.444 e. The molecule has 1 fully saturated rings. The lowest BCUT2D eigenvalue weighted by atomic mass is 10.1. The molecule has 2 rings (SSSR count). The second kappa shape index (κ2) is 5.93. The van der Waals surface area contributed by atoms with Gasteiger partial charge in [-0.2, -0.15) is 0 Å². The number of ether oxygens (including phenoxy) is 1. The summed E-state index contributed by atoms with van der Waals surface area (Å²) in [6, 6.07) is 3.23. The van der Waals surface area contributed by atoms with Gasteiger partial charge in [0.05, 0.1) is 0 Å². The van der Waals surface area contributed by atoms with Gasteiger partial charge in [0.15, 0.2) is 5.84 Å². The van der Waals surface area contributed by atoms with E-state index in [1.54, 1.807) is 4.90 Å². The van der Waals surface area contributed by atoms with Gasteiger partial charge >= 0.3 is 6.09 Å². The zero-order valence-electron chi connectivity index (χ0n) is 12.4. The van der Waals surface area contributed by atoms with E-state index in [0.717, 1.165) is 17.7 Å². The minimum absolute atomic E-state index is 0.00444. The number of nitrogens with zero attached hydrogens (tertiary/aromatic N) is 2. The highest BCUT2D eigenvalue weighted by Gasteiger charge is 2.42. The molecule has 0 aromatic carbocycles. The molecule has 116 valence electrons. The first-order valence-electron chi connectivity index (χ1n) is 6.85. The predicted molar refractivity (Wildman–Crippen MR) is 81.6 cm³/mol. The minimum Gasteiger partial charge on any atom is -0.444 e. The number of rotatable bonds is 4. The Morgan fingerprint density at radius 1 is 1.57 bits per heavy atom. The number of hydrogen-bond acceptors (Lipinski definition) is 5. The molecule has 1 aromatic heterocycles. The maximum atomic E-state index is 12.5. The lowest BCUT2D eigenvalue weighted by Crippen LogP contribution is -2.45. The highest BCUT2D eigenvalue weighted by molar-refractivity contribution is 7.10. The summed E-state index contributed by atoms with van der Waals surface area (Å²) in [6.45, 7) is 5.46. The van der Waals surface area contributed by atoms with Gasteiger partial charge in [0, 0.05) is 10.9 Å². The number of amidine groups is 1. The Morgan fingerprint density at radius 2 is 2.24 bits per heavy atom. The maximum absolute atomic E-state index is 12.5. The van der Waals surface area contributed by atoms with Crippen molar-refractivity contribution in [1.29, 1.82) is 0 Å². The van der Waals surface area contributed by atoms with Gasteiger partial charge in [0.25, 0.3) is 0 Å². The van der Waals surface area contributed by atoms with E-state index in [4.69, 9.17) is 15.7 Å². The van der Waals surface area contributed by atoms with Crippen molar-refractivity contribution in [3.05, 3.63) is 22.4 Å². The Morgan fingerprint density at radius 3 is 2.67 bits per heavy atom. The average Bonchev–Trinajstić information content (AvgIpc) is 3.07. The highest BCUT2D eigenvalue weighted by Crippen LogP contribution is 2.37. The molecule has 1 aromatic rings. The number of thiophene rings is 1. The normalized spacial score (nSPS) is 17.4. The lowest BCUT2D eigenvalue weighted by Gasteiger charge is -2.32. The van der Waals surface area contributed by atoms with Crippen LogP contribution in [0.25, 0.3) is 0 Å². The monoisotopic (exact) mass is 311 g/mol. The number of carbonyl (C=O) groups is 1. The van der Waals surface area contributed by atoms with Gasteiger partial charge < -0.3 is 15.7 Å². The molecule has 1 amide bonds. The van der Waals surface area contributed by atoms with Crippen molar-refractivity contribution in [2.75, 3.05) is 0 Å². The molecule has 1 atom stereocenters. The topological polar surface area (TPSA) is 88.2 Å². The van der Waals surface area contributed by atoms with E-state index in [1.165, 1.54) is 11.3 Å². The van der Waals surface area contributed by atoms with Gasteiger partial charge in [-0.05, 0) is 45.1 Å². The molecule has 0 radical (unpaired) electrons. The first kappa shape index (κ1) is 15.6. The van der Waals surface area contributed by atoms with Gasteiger partial charge in [0.2, 0.25) is 0 Å². The van der Waals surface area contributed by atoms with Gasteiger partial charge in [-0.25, -0.2) is 4.79 Å². The summed E-state index contributed by atoms with van der Waals surface area (Å²) in [5, 5.41) is 14.1. The molecule has 1 heterocycles. The second-order valence-corrected chi connectivity index (χ2v) is 7.04. The molecule has 0 spiro atoms. The molecule has 0 bridgehead atoms. The van der Waals surface area contributed by atoms with Crippen LogP contribution in [0.4, 0.5) is 4.79 Å². The van der Waals surface area contributed by atoms with Gasteiger partial charge in [-0.15, -0.1) is 11.3 Å². The van der Waals surface area contributed by atoms with Crippen molar-refractivity contribution in [3.63, 3.8) is 0 Å². The zero-order chi connectivity index (χ0) is 15.6.